The summed E-state index contributed by atoms with van der Waals surface area (Å²) in [6, 6.07) is 0. The molecule has 6 saturated heterocycles. The number of fused-ring (bicyclic) bond motifs is 5. The molecule has 31 heteroatoms. The van der Waals surface area contributed by atoms with E-state index in [0.717, 1.165) is 55.3 Å². The molecule has 96 heavy (non-hydrogen) atoms. The minimum atomic E-state index is -1.76. The second-order valence-electron chi connectivity index (χ2n) is 29.7. The third-order valence-corrected chi connectivity index (χ3v) is 23.3. The van der Waals surface area contributed by atoms with Crippen LogP contribution >= 0.6 is 0 Å². The molecule has 3 saturated carbocycles. The standard InChI is InChI=1S/C40H68O10.C13H24O10.C12H22O11/c1-21(2)7-6-8-22(3)26-11-12-27-25-10-9-24-17-23(13-15-39(24,4)28(25)14-16-40(26,27)5)18-29-33(44)37(34(45)31(20-42)48-29)50-38-36(47)35(46)32(43)30(19-41)49-38;1-4-7(16)12(9(18)6(3-15)21-4)23-13-11(20)10(19)8(17)5(2-14)22-13;13-1-3-5(15)7(17)8(18)12(22-3)23-10-6(16)4(2-14)21-11(20)9(10)19/h9,21-23,25-38,41-47H,6-8,10-20H2,1-5H3;4-20H,2-3H2,1H3;3-20H,1-2H2/t22-,23+,25+,26-,27+,28+,29?,30?,31?,32?,33?,34?,35?,36?,37?,38?,39+,40-;;/m1../s1. The Balaban J connectivity index is 0.000000212. The topological polar surface area (TPSA) is 528 Å². The van der Waals surface area contributed by atoms with Gasteiger partial charge in [0.05, 0.1) is 51.8 Å². The van der Waals surface area contributed by atoms with Gasteiger partial charge in [-0.3, -0.25) is 0 Å². The van der Waals surface area contributed by atoms with Crippen molar-refractivity contribution < 1.29 is 155 Å². The molecule has 0 aromatic rings. The van der Waals surface area contributed by atoms with Crippen LogP contribution in [0.5, 0.6) is 0 Å². The summed E-state index contributed by atoms with van der Waals surface area (Å²) < 4.78 is 48.3. The van der Waals surface area contributed by atoms with Gasteiger partial charge in [0.1, 0.15) is 146 Å². The van der Waals surface area contributed by atoms with E-state index in [-0.39, 0.29) is 11.3 Å². The number of ether oxygens (including phenoxy) is 9. The van der Waals surface area contributed by atoms with Crippen molar-refractivity contribution in [2.45, 2.75) is 302 Å². The molecular formula is C65H114O31. The van der Waals surface area contributed by atoms with Crippen LogP contribution in [-0.4, -0.2) is 336 Å². The van der Waals surface area contributed by atoms with E-state index >= 15 is 0 Å². The van der Waals surface area contributed by atoms with Crippen LogP contribution in [-0.2, 0) is 42.6 Å². The normalized spacial score (nSPS) is 50.8. The lowest BCUT2D eigenvalue weighted by Gasteiger charge is -2.59. The third kappa shape index (κ3) is 16.8. The highest BCUT2D eigenvalue weighted by Crippen LogP contribution is 2.68. The Bertz CT molecular complexity index is 2310. The molecule has 560 valence electrons. The van der Waals surface area contributed by atoms with Gasteiger partial charge in [0.25, 0.3) is 0 Å². The predicted molar refractivity (Wildman–Crippen MR) is 328 cm³/mol. The average Bonchev–Trinajstić information content (AvgIpc) is 1.35. The van der Waals surface area contributed by atoms with Gasteiger partial charge in [-0.25, -0.2) is 0 Å². The SMILES string of the molecule is CC(C)CCC[C@@H](C)[C@H]1CC[C@H]2[C@@H]3CC=C4C[C@@H](CC5OC(CO)C(O)C(OC6OC(CO)C(O)C(O)C6O)C5O)CC[C@]4(C)[C@H]3CC[C@]12C.CC1OC(CO)C(O)C(OC2OC(CO)C(O)C(O)C2O)C1O.OCC1OC(OC2C(O)C(O)OC(CO)C2O)C(O)C(O)C1O. The number of hydrogen-bond acceptors (Lipinski definition) is 31. The molecule has 0 radical (unpaired) electrons. The van der Waals surface area contributed by atoms with Crippen LogP contribution < -0.4 is 0 Å². The summed E-state index contributed by atoms with van der Waals surface area (Å²) in [7, 11) is 0. The van der Waals surface area contributed by atoms with E-state index in [1.807, 2.05) is 0 Å². The summed E-state index contributed by atoms with van der Waals surface area (Å²) in [4.78, 5) is 0. The zero-order valence-electron chi connectivity index (χ0n) is 55.7. The molecule has 38 atom stereocenters. The molecule has 10 rings (SSSR count). The number of rotatable bonds is 19. The van der Waals surface area contributed by atoms with Gasteiger partial charge in [0.2, 0.25) is 0 Å². The first-order valence-corrected chi connectivity index (χ1v) is 34.5. The van der Waals surface area contributed by atoms with Crippen molar-refractivity contribution in [2.75, 3.05) is 39.6 Å². The van der Waals surface area contributed by atoms with Gasteiger partial charge in [-0.2, -0.15) is 0 Å². The monoisotopic (exact) mass is 1390 g/mol. The van der Waals surface area contributed by atoms with Gasteiger partial charge in [0, 0.05) is 0 Å². The molecule has 6 aliphatic heterocycles. The van der Waals surface area contributed by atoms with Crippen LogP contribution in [0.15, 0.2) is 11.6 Å². The van der Waals surface area contributed by atoms with Gasteiger partial charge in [-0.05, 0) is 117 Å². The molecule has 0 aromatic heterocycles. The van der Waals surface area contributed by atoms with E-state index in [9.17, 15) is 97.0 Å². The van der Waals surface area contributed by atoms with Crippen molar-refractivity contribution in [3.05, 3.63) is 11.6 Å². The van der Waals surface area contributed by atoms with Crippen molar-refractivity contribution in [3.63, 3.8) is 0 Å². The number of aliphatic hydroxyl groups is 22. The molecule has 0 bridgehead atoms. The van der Waals surface area contributed by atoms with Crippen molar-refractivity contribution in [2.24, 2.45) is 52.3 Å². The van der Waals surface area contributed by atoms with Crippen molar-refractivity contribution in [3.8, 4) is 0 Å². The van der Waals surface area contributed by atoms with Crippen LogP contribution in [0, 0.1) is 52.3 Å². The molecule has 4 aliphatic carbocycles. The Labute approximate surface area is 559 Å². The van der Waals surface area contributed by atoms with Gasteiger partial charge < -0.3 is 155 Å². The molecule has 0 amide bonds. The zero-order valence-corrected chi connectivity index (χ0v) is 55.7. The number of hydrogen-bond donors (Lipinski definition) is 22. The van der Waals surface area contributed by atoms with E-state index in [1.165, 1.54) is 51.9 Å². The summed E-state index contributed by atoms with van der Waals surface area (Å²) in [6.07, 6.45) is -25.5. The number of allylic oxidation sites excluding steroid dienone is 2. The minimum absolute atomic E-state index is 0.187. The summed E-state index contributed by atoms with van der Waals surface area (Å²) in [5.74, 6) is 4.94. The predicted octanol–water partition coefficient (Wildman–Crippen LogP) is -6.02. The maximum atomic E-state index is 11.5. The van der Waals surface area contributed by atoms with E-state index in [4.69, 9.17) is 58.0 Å². The Morgan fingerprint density at radius 3 is 1.33 bits per heavy atom. The molecule has 6 heterocycles. The number of aliphatic hydroxyl groups excluding tert-OH is 22. The highest BCUT2D eigenvalue weighted by molar-refractivity contribution is 5.25. The highest BCUT2D eigenvalue weighted by atomic mass is 16.7. The lowest BCUT2D eigenvalue weighted by Crippen LogP contribution is -2.64. The van der Waals surface area contributed by atoms with Gasteiger partial charge >= 0.3 is 0 Å². The summed E-state index contributed by atoms with van der Waals surface area (Å²) in [5, 5.41) is 218. The molecule has 10 aliphatic rings. The maximum Gasteiger partial charge on any atom is 0.187 e. The molecule has 9 fully saturated rings. The van der Waals surface area contributed by atoms with E-state index in [1.54, 1.807) is 5.57 Å². The summed E-state index contributed by atoms with van der Waals surface area (Å²) >= 11 is 0. The molecule has 22 N–H and O–H groups in total. The van der Waals surface area contributed by atoms with E-state index in [0.29, 0.717) is 17.8 Å². The van der Waals surface area contributed by atoms with Gasteiger partial charge in [-0.15, -0.1) is 0 Å². The molecule has 30 unspecified atom stereocenters. The van der Waals surface area contributed by atoms with E-state index < -0.39 is 224 Å². The van der Waals surface area contributed by atoms with Crippen molar-refractivity contribution >= 4 is 0 Å². The van der Waals surface area contributed by atoms with Crippen molar-refractivity contribution in [1.29, 1.82) is 0 Å². The first kappa shape index (κ1) is 80.2. The quantitative estimate of drug-likeness (QED) is 0.0535. The lowest BCUT2D eigenvalue weighted by molar-refractivity contribution is -0.355. The van der Waals surface area contributed by atoms with Crippen LogP contribution in [0.25, 0.3) is 0 Å². The third-order valence-electron chi connectivity index (χ3n) is 23.3. The first-order chi connectivity index (χ1) is 45.3. The van der Waals surface area contributed by atoms with Crippen LogP contribution in [0.4, 0.5) is 0 Å². The largest absolute Gasteiger partial charge is 0.394 e. The average molecular weight is 1390 g/mol. The smallest absolute Gasteiger partial charge is 0.187 e. The molecular weight excluding hydrogens is 1280 g/mol. The highest BCUT2D eigenvalue weighted by Gasteiger charge is 2.61. The summed E-state index contributed by atoms with van der Waals surface area (Å²) in [5.41, 5.74) is 2.19. The fourth-order valence-corrected chi connectivity index (χ4v) is 17.5. The minimum Gasteiger partial charge on any atom is -0.394 e. The Morgan fingerprint density at radius 1 is 0.438 bits per heavy atom. The second-order valence-corrected chi connectivity index (χ2v) is 29.7. The van der Waals surface area contributed by atoms with Gasteiger partial charge in [-0.1, -0.05) is 65.5 Å². The first-order valence-electron chi connectivity index (χ1n) is 34.5. The van der Waals surface area contributed by atoms with Crippen LogP contribution in [0.1, 0.15) is 119 Å². The summed E-state index contributed by atoms with van der Waals surface area (Å²) in [6.45, 7) is 10.3. The van der Waals surface area contributed by atoms with Crippen LogP contribution in [0.2, 0.25) is 0 Å². The Kier molecular flexibility index (Phi) is 28.7. The lowest BCUT2D eigenvalue weighted by atomic mass is 9.46. The van der Waals surface area contributed by atoms with Crippen molar-refractivity contribution in [1.82, 2.24) is 0 Å². The zero-order chi connectivity index (χ0) is 70.7. The Hall–Kier alpha value is -1.50. The molecule has 0 aromatic carbocycles. The second kappa shape index (κ2) is 34.4. The van der Waals surface area contributed by atoms with Crippen LogP contribution in [0.3, 0.4) is 0 Å². The van der Waals surface area contributed by atoms with Gasteiger partial charge in [0.15, 0.2) is 25.2 Å². The Morgan fingerprint density at radius 2 is 0.865 bits per heavy atom. The fourth-order valence-electron chi connectivity index (χ4n) is 17.5. The van der Waals surface area contributed by atoms with E-state index in [2.05, 4.69) is 40.7 Å². The maximum absolute atomic E-state index is 11.5. The molecule has 0 spiro atoms. The fraction of sp³-hybridized carbons (Fsp3) is 0.969. The molecule has 31 nitrogen and oxygen atoms in total.